The van der Waals surface area contributed by atoms with Crippen LogP contribution in [0.4, 0.5) is 0 Å². The predicted molar refractivity (Wildman–Crippen MR) is 71.4 cm³/mol. The predicted octanol–water partition coefficient (Wildman–Crippen LogP) is 3.08. The molecule has 16 heavy (non-hydrogen) atoms. The Hall–Kier alpha value is -0.0900. The average molecular weight is 262 g/mol. The molecule has 2 nitrogen and oxygen atoms in total. The normalized spacial score (nSPS) is 15.0. The van der Waals surface area contributed by atoms with Gasteiger partial charge in [0.1, 0.15) is 0 Å². The van der Waals surface area contributed by atoms with Gasteiger partial charge < -0.3 is 10.4 Å². The van der Waals surface area contributed by atoms with Crippen molar-refractivity contribution >= 4 is 22.9 Å². The van der Waals surface area contributed by atoms with Gasteiger partial charge in [-0.3, -0.25) is 0 Å². The molecule has 92 valence electrons. The number of rotatable bonds is 7. The number of aryl methyl sites for hydroxylation is 1. The lowest BCUT2D eigenvalue weighted by molar-refractivity contribution is 0.228. The summed E-state index contributed by atoms with van der Waals surface area (Å²) in [7, 11) is 0. The molecule has 2 unspecified atom stereocenters. The van der Waals surface area contributed by atoms with Crippen LogP contribution in [-0.2, 0) is 6.42 Å². The van der Waals surface area contributed by atoms with E-state index >= 15 is 0 Å². The number of nitrogens with one attached hydrogen (secondary N) is 1. The van der Waals surface area contributed by atoms with Gasteiger partial charge in [-0.1, -0.05) is 18.5 Å². The molecular formula is C12H20ClNOS. The highest BCUT2D eigenvalue weighted by atomic mass is 35.5. The van der Waals surface area contributed by atoms with Crippen molar-refractivity contribution in [2.75, 3.05) is 6.61 Å². The van der Waals surface area contributed by atoms with Crippen molar-refractivity contribution < 1.29 is 5.11 Å². The number of halogens is 1. The molecule has 0 saturated carbocycles. The van der Waals surface area contributed by atoms with Crippen molar-refractivity contribution in [2.24, 2.45) is 0 Å². The third-order valence-electron chi connectivity index (χ3n) is 2.69. The molecule has 2 N–H and O–H groups in total. The fourth-order valence-electron chi connectivity index (χ4n) is 1.63. The maximum absolute atomic E-state index is 9.09. The van der Waals surface area contributed by atoms with Crippen LogP contribution in [0, 0.1) is 0 Å². The summed E-state index contributed by atoms with van der Waals surface area (Å²) in [6.07, 6.45) is 3.09. The summed E-state index contributed by atoms with van der Waals surface area (Å²) in [5.41, 5.74) is 0. The van der Waals surface area contributed by atoms with Crippen LogP contribution in [0.3, 0.4) is 0 Å². The van der Waals surface area contributed by atoms with Crippen LogP contribution in [0.25, 0.3) is 0 Å². The Kier molecular flexibility index (Phi) is 6.36. The van der Waals surface area contributed by atoms with Gasteiger partial charge in [0.15, 0.2) is 0 Å². The molecule has 1 aromatic heterocycles. The molecular weight excluding hydrogens is 242 g/mol. The van der Waals surface area contributed by atoms with Crippen LogP contribution in [0.5, 0.6) is 0 Å². The van der Waals surface area contributed by atoms with E-state index in [1.54, 1.807) is 11.3 Å². The van der Waals surface area contributed by atoms with Crippen molar-refractivity contribution in [3.8, 4) is 0 Å². The zero-order valence-electron chi connectivity index (χ0n) is 9.87. The summed E-state index contributed by atoms with van der Waals surface area (Å²) in [5.74, 6) is 0. The maximum Gasteiger partial charge on any atom is 0.0931 e. The Morgan fingerprint density at radius 2 is 2.25 bits per heavy atom. The second-order valence-electron chi connectivity index (χ2n) is 4.10. The van der Waals surface area contributed by atoms with Crippen molar-refractivity contribution in [3.63, 3.8) is 0 Å². The Bertz CT molecular complexity index is 299. The van der Waals surface area contributed by atoms with Crippen LogP contribution >= 0.6 is 22.9 Å². The zero-order valence-corrected chi connectivity index (χ0v) is 11.4. The first kappa shape index (κ1) is 14.0. The molecule has 4 heteroatoms. The molecule has 0 bridgehead atoms. The Morgan fingerprint density at radius 1 is 1.50 bits per heavy atom. The van der Waals surface area contributed by atoms with Crippen LogP contribution in [0.2, 0.25) is 4.34 Å². The van der Waals surface area contributed by atoms with E-state index in [1.807, 2.05) is 6.07 Å². The van der Waals surface area contributed by atoms with Gasteiger partial charge in [-0.2, -0.15) is 0 Å². The molecule has 0 saturated heterocycles. The highest BCUT2D eigenvalue weighted by molar-refractivity contribution is 7.16. The van der Waals surface area contributed by atoms with Crippen molar-refractivity contribution in [3.05, 3.63) is 21.3 Å². The van der Waals surface area contributed by atoms with Gasteiger partial charge in [0.25, 0.3) is 0 Å². The van der Waals surface area contributed by atoms with Crippen molar-refractivity contribution in [1.82, 2.24) is 5.32 Å². The number of thiophene rings is 1. The van der Waals surface area contributed by atoms with Gasteiger partial charge in [0, 0.05) is 17.0 Å². The van der Waals surface area contributed by atoms with Crippen molar-refractivity contribution in [2.45, 2.75) is 45.2 Å². The minimum Gasteiger partial charge on any atom is -0.395 e. The second-order valence-corrected chi connectivity index (χ2v) is 5.90. The van der Waals surface area contributed by atoms with Gasteiger partial charge in [-0.05, 0) is 38.3 Å². The summed E-state index contributed by atoms with van der Waals surface area (Å²) in [5, 5.41) is 12.5. The molecule has 0 aliphatic heterocycles. The molecule has 0 radical (unpaired) electrons. The SMILES string of the molecule is CCC(CO)NC(C)CCc1ccc(Cl)s1. The Balaban J connectivity index is 2.26. The van der Waals surface area contributed by atoms with Crippen molar-refractivity contribution in [1.29, 1.82) is 0 Å². The van der Waals surface area contributed by atoms with Gasteiger partial charge in [0.05, 0.1) is 10.9 Å². The third-order valence-corrected chi connectivity index (χ3v) is 3.98. The highest BCUT2D eigenvalue weighted by Crippen LogP contribution is 2.22. The number of hydrogen-bond donors (Lipinski definition) is 2. The van der Waals surface area contributed by atoms with E-state index in [0.29, 0.717) is 6.04 Å². The smallest absolute Gasteiger partial charge is 0.0931 e. The first-order valence-corrected chi connectivity index (χ1v) is 6.96. The molecule has 1 heterocycles. The molecule has 0 fully saturated rings. The van der Waals surface area contributed by atoms with Crippen LogP contribution in [0.1, 0.15) is 31.6 Å². The largest absolute Gasteiger partial charge is 0.395 e. The van der Waals surface area contributed by atoms with Crippen LogP contribution in [-0.4, -0.2) is 23.8 Å². The van der Waals surface area contributed by atoms with E-state index in [-0.39, 0.29) is 12.6 Å². The number of aliphatic hydroxyl groups excluding tert-OH is 1. The Labute approximate surface area is 107 Å². The van der Waals surface area contributed by atoms with E-state index in [0.717, 1.165) is 23.6 Å². The van der Waals surface area contributed by atoms with Gasteiger partial charge in [-0.15, -0.1) is 11.3 Å². The molecule has 0 amide bonds. The Morgan fingerprint density at radius 3 is 2.75 bits per heavy atom. The lowest BCUT2D eigenvalue weighted by atomic mass is 10.1. The standard InChI is InChI=1S/C12H20ClNOS/c1-3-10(8-15)14-9(2)4-5-11-6-7-12(13)16-11/h6-7,9-10,14-15H,3-5,8H2,1-2H3. The molecule has 1 aromatic rings. The summed E-state index contributed by atoms with van der Waals surface area (Å²) in [6.45, 7) is 4.46. The van der Waals surface area contributed by atoms with Gasteiger partial charge >= 0.3 is 0 Å². The van der Waals surface area contributed by atoms with E-state index in [2.05, 4.69) is 25.2 Å². The first-order valence-electron chi connectivity index (χ1n) is 5.76. The quantitative estimate of drug-likeness (QED) is 0.791. The monoisotopic (exact) mass is 261 g/mol. The minimum absolute atomic E-state index is 0.214. The molecule has 2 atom stereocenters. The van der Waals surface area contributed by atoms with E-state index < -0.39 is 0 Å². The molecule has 0 aliphatic carbocycles. The molecule has 0 aliphatic rings. The fraction of sp³-hybridized carbons (Fsp3) is 0.667. The number of aliphatic hydroxyl groups is 1. The van der Waals surface area contributed by atoms with Crippen LogP contribution in [0.15, 0.2) is 12.1 Å². The summed E-state index contributed by atoms with van der Waals surface area (Å²) < 4.78 is 0.859. The zero-order chi connectivity index (χ0) is 12.0. The number of hydrogen-bond acceptors (Lipinski definition) is 3. The molecule has 0 spiro atoms. The topological polar surface area (TPSA) is 32.3 Å². The van der Waals surface area contributed by atoms with Crippen LogP contribution < -0.4 is 5.32 Å². The van der Waals surface area contributed by atoms with Gasteiger partial charge in [-0.25, -0.2) is 0 Å². The summed E-state index contributed by atoms with van der Waals surface area (Å²) in [6, 6.07) is 4.69. The molecule has 1 rings (SSSR count). The lowest BCUT2D eigenvalue weighted by Gasteiger charge is -2.20. The van der Waals surface area contributed by atoms with E-state index in [1.165, 1.54) is 4.88 Å². The van der Waals surface area contributed by atoms with Gasteiger partial charge in [0.2, 0.25) is 0 Å². The summed E-state index contributed by atoms with van der Waals surface area (Å²) >= 11 is 7.52. The lowest BCUT2D eigenvalue weighted by Crippen LogP contribution is -2.38. The third kappa shape index (κ3) is 4.83. The fourth-order valence-corrected chi connectivity index (χ4v) is 2.73. The van der Waals surface area contributed by atoms with E-state index in [4.69, 9.17) is 16.7 Å². The minimum atomic E-state index is 0.214. The van der Waals surface area contributed by atoms with E-state index in [9.17, 15) is 0 Å². The molecule has 0 aromatic carbocycles. The highest BCUT2D eigenvalue weighted by Gasteiger charge is 2.09. The summed E-state index contributed by atoms with van der Waals surface area (Å²) in [4.78, 5) is 1.33. The maximum atomic E-state index is 9.09. The first-order chi connectivity index (χ1) is 7.65. The second kappa shape index (κ2) is 7.28. The average Bonchev–Trinajstić information content (AvgIpc) is 2.69.